The third kappa shape index (κ3) is 4.59. The van der Waals surface area contributed by atoms with Crippen LogP contribution in [0.5, 0.6) is 5.75 Å². The minimum absolute atomic E-state index is 0.0235. The van der Waals surface area contributed by atoms with E-state index >= 15 is 0 Å². The lowest BCUT2D eigenvalue weighted by molar-refractivity contribution is -0.120. The van der Waals surface area contributed by atoms with Gasteiger partial charge in [0.15, 0.2) is 0 Å². The molecular weight excluding hydrogens is 274 g/mol. The summed E-state index contributed by atoms with van der Waals surface area (Å²) >= 11 is 5.81. The fourth-order valence-corrected chi connectivity index (χ4v) is 1.99. The molecule has 2 aromatic rings. The van der Waals surface area contributed by atoms with E-state index in [1.807, 2.05) is 24.3 Å². The SMILES string of the molecule is O=C(Cc1ccc(O)cc1)NCCc1ccc(Cl)cc1. The minimum Gasteiger partial charge on any atom is -0.508 e. The van der Waals surface area contributed by atoms with Crippen LogP contribution in [0.2, 0.25) is 5.02 Å². The Morgan fingerprint density at radius 2 is 1.60 bits per heavy atom. The molecule has 0 fully saturated rings. The summed E-state index contributed by atoms with van der Waals surface area (Å²) in [5.41, 5.74) is 2.02. The van der Waals surface area contributed by atoms with Crippen LogP contribution in [-0.2, 0) is 17.6 Å². The van der Waals surface area contributed by atoms with E-state index in [-0.39, 0.29) is 11.7 Å². The van der Waals surface area contributed by atoms with Crippen LogP contribution in [0.1, 0.15) is 11.1 Å². The van der Waals surface area contributed by atoms with Crippen molar-refractivity contribution >= 4 is 17.5 Å². The maximum absolute atomic E-state index is 11.7. The zero-order valence-corrected chi connectivity index (χ0v) is 11.7. The first kappa shape index (κ1) is 14.4. The average molecular weight is 290 g/mol. The molecule has 0 heterocycles. The van der Waals surface area contributed by atoms with Crippen LogP contribution in [0.15, 0.2) is 48.5 Å². The van der Waals surface area contributed by atoms with Crippen molar-refractivity contribution in [3.63, 3.8) is 0 Å². The van der Waals surface area contributed by atoms with Crippen LogP contribution in [0.3, 0.4) is 0 Å². The monoisotopic (exact) mass is 289 g/mol. The molecule has 4 heteroatoms. The second kappa shape index (κ2) is 6.96. The standard InChI is InChI=1S/C16H16ClNO2/c17-14-5-1-12(2-6-14)9-10-18-16(20)11-13-3-7-15(19)8-4-13/h1-8,19H,9-11H2,(H,18,20). The van der Waals surface area contributed by atoms with Gasteiger partial charge in [0.05, 0.1) is 6.42 Å². The maximum atomic E-state index is 11.7. The summed E-state index contributed by atoms with van der Waals surface area (Å²) in [6, 6.07) is 14.2. The summed E-state index contributed by atoms with van der Waals surface area (Å²) in [5.74, 6) is 0.182. The Morgan fingerprint density at radius 1 is 1.00 bits per heavy atom. The Bertz CT molecular complexity index is 564. The highest BCUT2D eigenvalue weighted by atomic mass is 35.5. The number of amides is 1. The summed E-state index contributed by atoms with van der Waals surface area (Å²) in [7, 11) is 0. The van der Waals surface area contributed by atoms with Gasteiger partial charge in [-0.15, -0.1) is 0 Å². The van der Waals surface area contributed by atoms with Crippen LogP contribution in [0.4, 0.5) is 0 Å². The number of phenolic OH excluding ortho intramolecular Hbond substituents is 1. The van der Waals surface area contributed by atoms with E-state index < -0.39 is 0 Å². The molecule has 0 aliphatic rings. The van der Waals surface area contributed by atoms with E-state index in [1.165, 1.54) is 0 Å². The topological polar surface area (TPSA) is 49.3 Å². The van der Waals surface area contributed by atoms with E-state index in [4.69, 9.17) is 16.7 Å². The summed E-state index contributed by atoms with van der Waals surface area (Å²) in [6.45, 7) is 0.596. The molecule has 0 aliphatic heterocycles. The molecule has 2 aromatic carbocycles. The number of hydrogen-bond acceptors (Lipinski definition) is 2. The molecule has 0 unspecified atom stereocenters. The lowest BCUT2D eigenvalue weighted by atomic mass is 10.1. The normalized spacial score (nSPS) is 10.2. The number of carbonyl (C=O) groups is 1. The predicted molar refractivity (Wildman–Crippen MR) is 80.0 cm³/mol. The Balaban J connectivity index is 1.75. The van der Waals surface area contributed by atoms with Gasteiger partial charge in [-0.1, -0.05) is 35.9 Å². The van der Waals surface area contributed by atoms with Crippen molar-refractivity contribution in [2.45, 2.75) is 12.8 Å². The zero-order chi connectivity index (χ0) is 14.4. The zero-order valence-electron chi connectivity index (χ0n) is 11.0. The molecule has 20 heavy (non-hydrogen) atoms. The summed E-state index contributed by atoms with van der Waals surface area (Å²) < 4.78 is 0. The van der Waals surface area contributed by atoms with Crippen molar-refractivity contribution in [2.24, 2.45) is 0 Å². The molecule has 0 atom stereocenters. The van der Waals surface area contributed by atoms with E-state index in [2.05, 4.69) is 5.32 Å². The van der Waals surface area contributed by atoms with Crippen LogP contribution in [-0.4, -0.2) is 17.6 Å². The molecule has 0 saturated heterocycles. The van der Waals surface area contributed by atoms with Crippen molar-refractivity contribution in [2.75, 3.05) is 6.54 Å². The first-order valence-corrected chi connectivity index (χ1v) is 6.80. The summed E-state index contributed by atoms with van der Waals surface area (Å²) in [4.78, 5) is 11.7. The number of carbonyl (C=O) groups excluding carboxylic acids is 1. The summed E-state index contributed by atoms with van der Waals surface area (Å²) in [5, 5.41) is 12.8. The molecule has 2 rings (SSSR count). The number of nitrogens with one attached hydrogen (secondary N) is 1. The van der Waals surface area contributed by atoms with Gasteiger partial charge in [0.1, 0.15) is 5.75 Å². The van der Waals surface area contributed by atoms with Crippen molar-refractivity contribution in [1.29, 1.82) is 0 Å². The van der Waals surface area contributed by atoms with Crippen LogP contribution in [0, 0.1) is 0 Å². The molecule has 3 nitrogen and oxygen atoms in total. The molecule has 0 aromatic heterocycles. The summed E-state index contributed by atoms with van der Waals surface area (Å²) in [6.07, 6.45) is 1.10. The molecule has 104 valence electrons. The number of hydrogen-bond donors (Lipinski definition) is 2. The third-order valence-corrected chi connectivity index (χ3v) is 3.20. The van der Waals surface area contributed by atoms with Gasteiger partial charge in [-0.25, -0.2) is 0 Å². The Morgan fingerprint density at radius 3 is 2.25 bits per heavy atom. The van der Waals surface area contributed by atoms with Gasteiger partial charge in [-0.3, -0.25) is 4.79 Å². The van der Waals surface area contributed by atoms with Crippen molar-refractivity contribution in [3.8, 4) is 5.75 Å². The van der Waals surface area contributed by atoms with Crippen LogP contribution in [0.25, 0.3) is 0 Å². The molecule has 0 spiro atoms. The van der Waals surface area contributed by atoms with Gasteiger partial charge in [0.25, 0.3) is 0 Å². The molecule has 0 bridgehead atoms. The Hall–Kier alpha value is -2.00. The van der Waals surface area contributed by atoms with Gasteiger partial charge in [0, 0.05) is 11.6 Å². The number of halogens is 1. The van der Waals surface area contributed by atoms with Gasteiger partial charge >= 0.3 is 0 Å². The molecule has 0 aliphatic carbocycles. The second-order valence-electron chi connectivity index (χ2n) is 4.57. The number of aromatic hydroxyl groups is 1. The van der Waals surface area contributed by atoms with E-state index in [0.29, 0.717) is 18.0 Å². The van der Waals surface area contributed by atoms with E-state index in [0.717, 1.165) is 17.5 Å². The molecule has 0 radical (unpaired) electrons. The lowest BCUT2D eigenvalue weighted by Gasteiger charge is -2.06. The first-order chi connectivity index (χ1) is 9.63. The van der Waals surface area contributed by atoms with Gasteiger partial charge < -0.3 is 10.4 Å². The van der Waals surface area contributed by atoms with E-state index in [9.17, 15) is 4.79 Å². The van der Waals surface area contributed by atoms with Gasteiger partial charge in [-0.05, 0) is 41.8 Å². The van der Waals surface area contributed by atoms with Gasteiger partial charge in [0.2, 0.25) is 5.91 Å². The quantitative estimate of drug-likeness (QED) is 0.889. The van der Waals surface area contributed by atoms with E-state index in [1.54, 1.807) is 24.3 Å². The van der Waals surface area contributed by atoms with Crippen molar-refractivity contribution in [1.82, 2.24) is 5.32 Å². The highest BCUT2D eigenvalue weighted by molar-refractivity contribution is 6.30. The lowest BCUT2D eigenvalue weighted by Crippen LogP contribution is -2.27. The third-order valence-electron chi connectivity index (χ3n) is 2.95. The maximum Gasteiger partial charge on any atom is 0.224 e. The molecule has 1 amide bonds. The number of rotatable bonds is 5. The second-order valence-corrected chi connectivity index (χ2v) is 5.01. The smallest absolute Gasteiger partial charge is 0.224 e. The Labute approximate surface area is 123 Å². The predicted octanol–water partition coefficient (Wildman–Crippen LogP) is 2.95. The minimum atomic E-state index is -0.0235. The van der Waals surface area contributed by atoms with Crippen LogP contribution >= 0.6 is 11.6 Å². The Kier molecular flexibility index (Phi) is 5.02. The number of phenols is 1. The molecular formula is C16H16ClNO2. The first-order valence-electron chi connectivity index (χ1n) is 6.42. The number of benzene rings is 2. The fraction of sp³-hybridized carbons (Fsp3) is 0.188. The van der Waals surface area contributed by atoms with Crippen LogP contribution < -0.4 is 5.32 Å². The fourth-order valence-electron chi connectivity index (χ4n) is 1.86. The van der Waals surface area contributed by atoms with Crippen molar-refractivity contribution < 1.29 is 9.90 Å². The average Bonchev–Trinajstić information content (AvgIpc) is 2.44. The van der Waals surface area contributed by atoms with Gasteiger partial charge in [-0.2, -0.15) is 0 Å². The highest BCUT2D eigenvalue weighted by Crippen LogP contribution is 2.11. The molecule has 0 saturated carbocycles. The molecule has 2 N–H and O–H groups in total. The highest BCUT2D eigenvalue weighted by Gasteiger charge is 2.03. The van der Waals surface area contributed by atoms with Crippen molar-refractivity contribution in [3.05, 3.63) is 64.7 Å². The largest absolute Gasteiger partial charge is 0.508 e.